The van der Waals surface area contributed by atoms with E-state index in [2.05, 4.69) is 15.9 Å². The maximum absolute atomic E-state index is 12.6. The van der Waals surface area contributed by atoms with Crippen LogP contribution in [0.4, 0.5) is 0 Å². The number of amides is 1. The summed E-state index contributed by atoms with van der Waals surface area (Å²) in [5, 5.41) is 0. The molecule has 0 bridgehead atoms. The van der Waals surface area contributed by atoms with Crippen molar-refractivity contribution in [2.75, 3.05) is 13.1 Å². The number of carbonyl (C=O) groups is 1. The van der Waals surface area contributed by atoms with E-state index in [0.29, 0.717) is 5.41 Å². The van der Waals surface area contributed by atoms with Crippen LogP contribution in [0.2, 0.25) is 0 Å². The van der Waals surface area contributed by atoms with Crippen LogP contribution in [0.5, 0.6) is 0 Å². The molecule has 0 atom stereocenters. The van der Waals surface area contributed by atoms with Gasteiger partial charge in [0.15, 0.2) is 0 Å². The fourth-order valence-corrected chi connectivity index (χ4v) is 4.44. The predicted octanol–water partition coefficient (Wildman–Crippen LogP) is 4.55. The number of hydrogen-bond donors (Lipinski definition) is 0. The van der Waals surface area contributed by atoms with E-state index in [1.807, 2.05) is 30.0 Å². The van der Waals surface area contributed by atoms with E-state index in [1.165, 1.54) is 44.1 Å². The van der Waals surface area contributed by atoms with Gasteiger partial charge in [0.25, 0.3) is 5.91 Å². The van der Waals surface area contributed by atoms with Crippen molar-refractivity contribution in [1.82, 2.24) is 4.90 Å². The van der Waals surface area contributed by atoms with Crippen molar-refractivity contribution >= 4 is 21.8 Å². The lowest BCUT2D eigenvalue weighted by atomic mass is 9.77. The highest BCUT2D eigenvalue weighted by molar-refractivity contribution is 9.10. The van der Waals surface area contributed by atoms with E-state index in [0.717, 1.165) is 23.1 Å². The summed E-state index contributed by atoms with van der Waals surface area (Å²) in [6, 6.07) is 5.98. The largest absolute Gasteiger partial charge is 0.339 e. The summed E-state index contributed by atoms with van der Waals surface area (Å²) in [5.41, 5.74) is 2.55. The predicted molar refractivity (Wildman–Crippen MR) is 84.9 cm³/mol. The zero-order valence-electron chi connectivity index (χ0n) is 12.1. The molecule has 1 aliphatic carbocycles. The molecule has 1 aliphatic heterocycles. The van der Waals surface area contributed by atoms with Crippen molar-refractivity contribution in [3.63, 3.8) is 0 Å². The van der Waals surface area contributed by atoms with Crippen molar-refractivity contribution in [2.45, 2.75) is 45.4 Å². The molecule has 20 heavy (non-hydrogen) atoms. The first-order valence-electron chi connectivity index (χ1n) is 7.65. The van der Waals surface area contributed by atoms with Gasteiger partial charge in [-0.05, 0) is 71.6 Å². The molecular formula is C17H22BrNO. The highest BCUT2D eigenvalue weighted by Crippen LogP contribution is 2.46. The lowest BCUT2D eigenvalue weighted by Gasteiger charge is -2.39. The van der Waals surface area contributed by atoms with E-state index in [4.69, 9.17) is 0 Å². The molecule has 0 aromatic heterocycles. The van der Waals surface area contributed by atoms with Crippen molar-refractivity contribution < 1.29 is 4.79 Å². The maximum Gasteiger partial charge on any atom is 0.254 e. The second-order valence-electron chi connectivity index (χ2n) is 6.48. The lowest BCUT2D eigenvalue weighted by molar-refractivity contribution is 0.0586. The lowest BCUT2D eigenvalue weighted by Crippen LogP contribution is -2.42. The molecule has 0 unspecified atom stereocenters. The van der Waals surface area contributed by atoms with E-state index >= 15 is 0 Å². The van der Waals surface area contributed by atoms with Gasteiger partial charge in [0.1, 0.15) is 0 Å². The Morgan fingerprint density at radius 1 is 1.15 bits per heavy atom. The van der Waals surface area contributed by atoms with Crippen LogP contribution in [-0.4, -0.2) is 23.9 Å². The molecule has 1 aromatic rings. The molecule has 2 nitrogen and oxygen atoms in total. The van der Waals surface area contributed by atoms with Crippen LogP contribution in [0.3, 0.4) is 0 Å². The van der Waals surface area contributed by atoms with Gasteiger partial charge in [-0.2, -0.15) is 0 Å². The zero-order chi connectivity index (χ0) is 14.2. The van der Waals surface area contributed by atoms with Crippen molar-refractivity contribution in [1.29, 1.82) is 0 Å². The topological polar surface area (TPSA) is 20.3 Å². The average Bonchev–Trinajstić information content (AvgIpc) is 2.87. The summed E-state index contributed by atoms with van der Waals surface area (Å²) in [6.07, 6.45) is 7.92. The summed E-state index contributed by atoms with van der Waals surface area (Å²) in [4.78, 5) is 14.7. The molecule has 2 aliphatic rings. The summed E-state index contributed by atoms with van der Waals surface area (Å²) in [6.45, 7) is 3.90. The molecule has 3 rings (SSSR count). The molecule has 0 radical (unpaired) electrons. The summed E-state index contributed by atoms with van der Waals surface area (Å²) in [7, 11) is 0. The fourth-order valence-electron chi connectivity index (χ4n) is 3.77. The Balaban J connectivity index is 1.69. The number of benzene rings is 1. The number of likely N-dealkylation sites (tertiary alicyclic amines) is 1. The number of hydrogen-bond acceptors (Lipinski definition) is 1. The summed E-state index contributed by atoms with van der Waals surface area (Å²) < 4.78 is 0.920. The quantitative estimate of drug-likeness (QED) is 0.736. The monoisotopic (exact) mass is 335 g/mol. The van der Waals surface area contributed by atoms with Crippen LogP contribution < -0.4 is 0 Å². The normalized spacial score (nSPS) is 21.4. The minimum absolute atomic E-state index is 0.185. The molecule has 1 spiro atoms. The standard InChI is InChI=1S/C17H22BrNO/c1-13-4-5-14(15(18)12-13)16(20)19-10-8-17(9-11-19)6-2-3-7-17/h4-5,12H,2-3,6-11H2,1H3. The minimum atomic E-state index is 0.185. The van der Waals surface area contributed by atoms with Crippen LogP contribution in [0.15, 0.2) is 22.7 Å². The first-order chi connectivity index (χ1) is 9.60. The smallest absolute Gasteiger partial charge is 0.254 e. The molecule has 1 saturated heterocycles. The first-order valence-corrected chi connectivity index (χ1v) is 8.44. The van der Waals surface area contributed by atoms with Gasteiger partial charge in [0.05, 0.1) is 5.56 Å². The molecular weight excluding hydrogens is 314 g/mol. The van der Waals surface area contributed by atoms with Crippen LogP contribution in [0.25, 0.3) is 0 Å². The van der Waals surface area contributed by atoms with Gasteiger partial charge in [0, 0.05) is 17.6 Å². The van der Waals surface area contributed by atoms with Gasteiger partial charge in [0.2, 0.25) is 0 Å². The molecule has 1 saturated carbocycles. The van der Waals surface area contributed by atoms with Gasteiger partial charge in [-0.15, -0.1) is 0 Å². The molecule has 1 amide bonds. The van der Waals surface area contributed by atoms with E-state index in [1.54, 1.807) is 0 Å². The Bertz CT molecular complexity index is 510. The third-order valence-electron chi connectivity index (χ3n) is 5.13. The summed E-state index contributed by atoms with van der Waals surface area (Å²) in [5.74, 6) is 0.185. The number of piperidine rings is 1. The molecule has 2 fully saturated rings. The Kier molecular flexibility index (Phi) is 3.89. The zero-order valence-corrected chi connectivity index (χ0v) is 13.7. The number of aryl methyl sites for hydroxylation is 1. The Hall–Kier alpha value is -0.830. The molecule has 3 heteroatoms. The summed E-state index contributed by atoms with van der Waals surface area (Å²) >= 11 is 3.53. The van der Waals surface area contributed by atoms with Gasteiger partial charge >= 0.3 is 0 Å². The Morgan fingerprint density at radius 3 is 2.40 bits per heavy atom. The van der Waals surface area contributed by atoms with Crippen LogP contribution in [-0.2, 0) is 0 Å². The number of rotatable bonds is 1. The SMILES string of the molecule is Cc1ccc(C(=O)N2CCC3(CCCC3)CC2)c(Br)c1. The third kappa shape index (κ3) is 2.65. The second-order valence-corrected chi connectivity index (χ2v) is 7.34. The van der Waals surface area contributed by atoms with Gasteiger partial charge in [-0.1, -0.05) is 18.9 Å². The van der Waals surface area contributed by atoms with Crippen LogP contribution >= 0.6 is 15.9 Å². The van der Waals surface area contributed by atoms with E-state index in [9.17, 15) is 4.79 Å². The highest BCUT2D eigenvalue weighted by Gasteiger charge is 2.38. The fraction of sp³-hybridized carbons (Fsp3) is 0.588. The third-order valence-corrected chi connectivity index (χ3v) is 5.79. The average molecular weight is 336 g/mol. The van der Waals surface area contributed by atoms with E-state index < -0.39 is 0 Å². The molecule has 1 heterocycles. The Labute approximate surface area is 129 Å². The highest BCUT2D eigenvalue weighted by atomic mass is 79.9. The van der Waals surface area contributed by atoms with Gasteiger partial charge in [-0.3, -0.25) is 4.79 Å². The maximum atomic E-state index is 12.6. The first kappa shape index (κ1) is 14.1. The Morgan fingerprint density at radius 2 is 1.80 bits per heavy atom. The van der Waals surface area contributed by atoms with Crippen LogP contribution in [0, 0.1) is 12.3 Å². The molecule has 108 valence electrons. The van der Waals surface area contributed by atoms with Crippen LogP contribution in [0.1, 0.15) is 54.4 Å². The molecule has 1 aromatic carbocycles. The minimum Gasteiger partial charge on any atom is -0.339 e. The van der Waals surface area contributed by atoms with Crippen molar-refractivity contribution in [2.24, 2.45) is 5.41 Å². The number of halogens is 1. The second kappa shape index (κ2) is 5.51. The number of nitrogens with zero attached hydrogens (tertiary/aromatic N) is 1. The number of carbonyl (C=O) groups excluding carboxylic acids is 1. The van der Waals surface area contributed by atoms with Gasteiger partial charge in [-0.25, -0.2) is 0 Å². The van der Waals surface area contributed by atoms with E-state index in [-0.39, 0.29) is 5.91 Å². The molecule has 0 N–H and O–H groups in total. The van der Waals surface area contributed by atoms with Crippen molar-refractivity contribution in [3.8, 4) is 0 Å². The van der Waals surface area contributed by atoms with Gasteiger partial charge < -0.3 is 4.90 Å². The van der Waals surface area contributed by atoms with Crippen molar-refractivity contribution in [3.05, 3.63) is 33.8 Å².